The van der Waals surface area contributed by atoms with E-state index in [2.05, 4.69) is 87.7 Å². The SMILES string of the molecule is Ic1cnc(C2CC2)[nH]1.Ic1nc(C2CC2)[nH]c1I.O=[S-](=O)[O-].[Na+].[Na+]. The van der Waals surface area contributed by atoms with E-state index in [1.807, 2.05) is 6.20 Å². The molecule has 0 amide bonds. The van der Waals surface area contributed by atoms with Crippen molar-refractivity contribution in [1.29, 1.82) is 0 Å². The van der Waals surface area contributed by atoms with Crippen LogP contribution in [0.25, 0.3) is 0 Å². The molecular weight excluding hydrogens is 707 g/mol. The number of nitrogens with one attached hydrogen (secondary N) is 2. The third-order valence-corrected chi connectivity index (χ3v) is 6.27. The van der Waals surface area contributed by atoms with Gasteiger partial charge in [0.15, 0.2) is 0 Å². The fourth-order valence-electron chi connectivity index (χ4n) is 1.77. The van der Waals surface area contributed by atoms with Gasteiger partial charge in [0, 0.05) is 11.8 Å². The molecule has 2 aliphatic carbocycles. The van der Waals surface area contributed by atoms with Crippen molar-refractivity contribution in [3.8, 4) is 0 Å². The summed E-state index contributed by atoms with van der Waals surface area (Å²) in [5.74, 6) is 3.87. The maximum atomic E-state index is 8.44. The molecule has 0 atom stereocenters. The predicted octanol–water partition coefficient (Wildman–Crippen LogP) is -2.18. The second-order valence-electron chi connectivity index (χ2n) is 5.10. The molecule has 2 aromatic heterocycles. The molecule has 0 spiro atoms. The molecule has 0 aliphatic heterocycles. The largest absolute Gasteiger partial charge is 1.00 e. The molecule has 0 aromatic carbocycles. The normalized spacial score (nSPS) is 15.1. The van der Waals surface area contributed by atoms with Crippen LogP contribution in [0.3, 0.4) is 0 Å². The summed E-state index contributed by atoms with van der Waals surface area (Å²) in [6.07, 6.45) is 7.17. The summed E-state index contributed by atoms with van der Waals surface area (Å²) in [6, 6.07) is 0. The van der Waals surface area contributed by atoms with Gasteiger partial charge in [-0.15, -0.1) is 0 Å². The Labute approximate surface area is 233 Å². The van der Waals surface area contributed by atoms with Gasteiger partial charge in [0.25, 0.3) is 0 Å². The van der Waals surface area contributed by atoms with Crippen LogP contribution < -0.4 is 59.1 Å². The number of halogens is 3. The molecule has 2 aliphatic rings. The van der Waals surface area contributed by atoms with Gasteiger partial charge >= 0.3 is 59.1 Å². The van der Waals surface area contributed by atoms with Gasteiger partial charge < -0.3 is 22.9 Å². The number of nitrogens with zero attached hydrogens (tertiary/aromatic N) is 2. The van der Waals surface area contributed by atoms with E-state index in [1.54, 1.807) is 0 Å². The van der Waals surface area contributed by atoms with Gasteiger partial charge in [-0.3, -0.25) is 0 Å². The Bertz CT molecular complexity index is 706. The van der Waals surface area contributed by atoms with Crippen LogP contribution in [0.5, 0.6) is 0 Å². The summed E-state index contributed by atoms with van der Waals surface area (Å²) in [6.45, 7) is 0. The van der Waals surface area contributed by atoms with Crippen LogP contribution in [0.1, 0.15) is 49.2 Å². The van der Waals surface area contributed by atoms with E-state index >= 15 is 0 Å². The van der Waals surface area contributed by atoms with E-state index in [0.717, 1.165) is 19.2 Å². The van der Waals surface area contributed by atoms with Crippen LogP contribution in [-0.2, 0) is 19.4 Å². The quantitative estimate of drug-likeness (QED) is 0.121. The molecule has 7 nitrogen and oxygen atoms in total. The van der Waals surface area contributed by atoms with Crippen LogP contribution in [0.15, 0.2) is 6.20 Å². The van der Waals surface area contributed by atoms with E-state index in [0.29, 0.717) is 0 Å². The number of imidazole rings is 2. The maximum absolute atomic E-state index is 8.44. The Morgan fingerprint density at radius 3 is 1.80 bits per heavy atom. The first-order valence-electron chi connectivity index (χ1n) is 6.74. The minimum atomic E-state index is -3.11. The van der Waals surface area contributed by atoms with Gasteiger partial charge in [-0.1, -0.05) is 0 Å². The average Bonchev–Trinajstić information content (AvgIpc) is 3.38. The molecule has 2 fully saturated rings. The summed E-state index contributed by atoms with van der Waals surface area (Å²) in [7, 11) is -3.11. The van der Waals surface area contributed by atoms with Gasteiger partial charge in [-0.05, 0) is 93.5 Å². The molecule has 2 N–H and O–H groups in total. The Hall–Kier alpha value is 2.52. The zero-order valence-corrected chi connectivity index (χ0v) is 25.0. The standard InChI is InChI=1S/C6H6I2N2.C6H7IN2.2Na.O3S/c7-4-5(8)10-6(9-4)3-1-2-3;7-5-3-8-6(9-5)4-1-2-4;;;1-4(2)3/h3H,1-2H2,(H,9,10);3-4H,1-2H2,(H,8,9);;;/q;;2*+1;-2. The molecule has 0 bridgehead atoms. The summed E-state index contributed by atoms with van der Waals surface area (Å²) < 4.78 is 28.8. The molecule has 0 unspecified atom stereocenters. The van der Waals surface area contributed by atoms with Crippen molar-refractivity contribution in [1.82, 2.24) is 19.9 Å². The van der Waals surface area contributed by atoms with Gasteiger partial charge in [-0.25, -0.2) is 9.97 Å². The molecule has 25 heavy (non-hydrogen) atoms. The monoisotopic (exact) mass is 720 g/mol. The Morgan fingerprint density at radius 1 is 1.00 bits per heavy atom. The summed E-state index contributed by atoms with van der Waals surface area (Å²) in [5.41, 5.74) is 0. The van der Waals surface area contributed by atoms with Gasteiger partial charge in [-0.2, -0.15) is 11.0 Å². The van der Waals surface area contributed by atoms with E-state index in [-0.39, 0.29) is 59.1 Å². The van der Waals surface area contributed by atoms with E-state index in [9.17, 15) is 0 Å². The first kappa shape index (κ1) is 27.5. The summed E-state index contributed by atoms with van der Waals surface area (Å²) in [4.78, 5) is 15.1. The first-order valence-corrected chi connectivity index (χ1v) is 11.0. The Morgan fingerprint density at radius 2 is 1.48 bits per heavy atom. The van der Waals surface area contributed by atoms with Crippen molar-refractivity contribution in [3.05, 3.63) is 28.9 Å². The van der Waals surface area contributed by atoms with Crippen LogP contribution in [-0.4, -0.2) is 24.5 Å². The number of aromatic nitrogens is 4. The van der Waals surface area contributed by atoms with Crippen LogP contribution >= 0.6 is 67.8 Å². The average molecular weight is 720 g/mol. The molecule has 2 saturated carbocycles. The molecule has 4 rings (SSSR count). The number of aromatic amines is 2. The fraction of sp³-hybridized carbons (Fsp3) is 0.500. The van der Waals surface area contributed by atoms with Gasteiger partial charge in [0.05, 0.1) is 9.90 Å². The smallest absolute Gasteiger partial charge is 0.917 e. The maximum Gasteiger partial charge on any atom is 1.00 e. The van der Waals surface area contributed by atoms with Crippen molar-refractivity contribution in [3.63, 3.8) is 0 Å². The molecule has 2 aromatic rings. The molecule has 0 saturated heterocycles. The predicted molar refractivity (Wildman–Crippen MR) is 109 cm³/mol. The molecular formula is C12H13I3N4Na2O3S. The first-order chi connectivity index (χ1) is 10.9. The van der Waals surface area contributed by atoms with Crippen molar-refractivity contribution in [2.45, 2.75) is 37.5 Å². The number of hydrogen-bond donors (Lipinski definition) is 2. The second-order valence-corrected chi connectivity index (χ2v) is 8.77. The van der Waals surface area contributed by atoms with Crippen LogP contribution in [0.4, 0.5) is 0 Å². The number of rotatable bonds is 2. The minimum Gasteiger partial charge on any atom is -0.917 e. The number of H-pyrrole nitrogens is 2. The minimum absolute atomic E-state index is 0. The Kier molecular flexibility index (Phi) is 15.1. The van der Waals surface area contributed by atoms with E-state index in [4.69, 9.17) is 13.0 Å². The topological polar surface area (TPSA) is 115 Å². The van der Waals surface area contributed by atoms with E-state index in [1.165, 1.54) is 41.0 Å². The molecule has 2 heterocycles. The molecule has 13 heteroatoms. The summed E-state index contributed by atoms with van der Waals surface area (Å²) >= 11 is 6.78. The van der Waals surface area contributed by atoms with E-state index < -0.39 is 11.0 Å². The van der Waals surface area contributed by atoms with Crippen LogP contribution in [0, 0.1) is 11.1 Å². The van der Waals surface area contributed by atoms with Crippen LogP contribution in [0.2, 0.25) is 0 Å². The summed E-state index contributed by atoms with van der Waals surface area (Å²) in [5, 5.41) is 0. The van der Waals surface area contributed by atoms with Crippen molar-refractivity contribution in [2.24, 2.45) is 0 Å². The van der Waals surface area contributed by atoms with Crippen molar-refractivity contribution in [2.75, 3.05) is 0 Å². The zero-order valence-electron chi connectivity index (χ0n) is 13.7. The molecule has 128 valence electrons. The second kappa shape index (κ2) is 13.7. The number of hydrogen-bond acceptors (Lipinski definition) is 6. The zero-order chi connectivity index (χ0) is 17.0. The third kappa shape index (κ3) is 11.3. The Balaban J connectivity index is 0.000000360. The van der Waals surface area contributed by atoms with Gasteiger partial charge in [0.2, 0.25) is 0 Å². The van der Waals surface area contributed by atoms with Crippen molar-refractivity contribution < 1.29 is 72.1 Å². The van der Waals surface area contributed by atoms with Gasteiger partial charge in [0.1, 0.15) is 19.1 Å². The fourth-order valence-corrected chi connectivity index (χ4v) is 2.98. The molecule has 0 radical (unpaired) electrons. The van der Waals surface area contributed by atoms with Crippen molar-refractivity contribution >= 4 is 78.8 Å². The third-order valence-electron chi connectivity index (χ3n) is 3.13.